The van der Waals surface area contributed by atoms with Crippen LogP contribution in [0.2, 0.25) is 0 Å². The number of carbonyl (C=O) groups is 1. The average molecular weight is 400 g/mol. The van der Waals surface area contributed by atoms with Crippen molar-refractivity contribution in [2.75, 3.05) is 42.1 Å². The zero-order valence-corrected chi connectivity index (χ0v) is 16.2. The Morgan fingerprint density at radius 3 is 2.32 bits per heavy atom. The normalized spacial score (nSPS) is 14.4. The van der Waals surface area contributed by atoms with Crippen molar-refractivity contribution in [1.29, 1.82) is 5.26 Å². The smallest absolute Gasteiger partial charge is 0.229 e. The van der Waals surface area contributed by atoms with E-state index in [-0.39, 0.29) is 18.0 Å². The summed E-state index contributed by atoms with van der Waals surface area (Å²) in [5.41, 5.74) is 1.57. The number of anilines is 2. The SMILES string of the molecule is CS(=O)(=O)Nc1ccc(CC(=O)N2CCN(c3ccc(C#N)nn3)CC2)cc1. The van der Waals surface area contributed by atoms with Crippen LogP contribution in [-0.2, 0) is 21.2 Å². The highest BCUT2D eigenvalue weighted by Gasteiger charge is 2.22. The van der Waals surface area contributed by atoms with E-state index in [1.165, 1.54) is 0 Å². The fourth-order valence-corrected chi connectivity index (χ4v) is 3.49. The van der Waals surface area contributed by atoms with Gasteiger partial charge in [-0.05, 0) is 29.8 Å². The van der Waals surface area contributed by atoms with Gasteiger partial charge in [0.15, 0.2) is 11.5 Å². The third-order valence-corrected chi connectivity index (χ3v) is 4.94. The quantitative estimate of drug-likeness (QED) is 0.781. The van der Waals surface area contributed by atoms with Gasteiger partial charge in [-0.15, -0.1) is 10.2 Å². The molecule has 0 saturated carbocycles. The molecule has 2 heterocycles. The summed E-state index contributed by atoms with van der Waals surface area (Å²) in [7, 11) is -3.32. The van der Waals surface area contributed by atoms with Crippen LogP contribution in [0.1, 0.15) is 11.3 Å². The van der Waals surface area contributed by atoms with Crippen molar-refractivity contribution in [1.82, 2.24) is 15.1 Å². The molecule has 1 amide bonds. The third kappa shape index (κ3) is 5.17. The minimum absolute atomic E-state index is 0.0226. The summed E-state index contributed by atoms with van der Waals surface area (Å²) >= 11 is 0. The van der Waals surface area contributed by atoms with Crippen molar-refractivity contribution in [3.63, 3.8) is 0 Å². The summed E-state index contributed by atoms with van der Waals surface area (Å²) in [5, 5.41) is 16.7. The van der Waals surface area contributed by atoms with Gasteiger partial charge in [0, 0.05) is 31.9 Å². The molecule has 1 fully saturated rings. The number of rotatable bonds is 5. The summed E-state index contributed by atoms with van der Waals surface area (Å²) in [6, 6.07) is 12.1. The Morgan fingerprint density at radius 1 is 1.11 bits per heavy atom. The second-order valence-electron chi connectivity index (χ2n) is 6.50. The number of aromatic nitrogens is 2. The van der Waals surface area contributed by atoms with Gasteiger partial charge in [-0.3, -0.25) is 9.52 Å². The monoisotopic (exact) mass is 400 g/mol. The molecule has 0 aliphatic carbocycles. The number of amides is 1. The number of carbonyl (C=O) groups excluding carboxylic acids is 1. The largest absolute Gasteiger partial charge is 0.352 e. The van der Waals surface area contributed by atoms with Crippen LogP contribution >= 0.6 is 0 Å². The van der Waals surface area contributed by atoms with Gasteiger partial charge in [-0.25, -0.2) is 8.42 Å². The molecule has 1 aromatic carbocycles. The van der Waals surface area contributed by atoms with Crippen LogP contribution in [0.3, 0.4) is 0 Å². The zero-order valence-electron chi connectivity index (χ0n) is 15.4. The van der Waals surface area contributed by atoms with E-state index in [0.29, 0.717) is 37.7 Å². The van der Waals surface area contributed by atoms with Gasteiger partial charge in [0.05, 0.1) is 12.7 Å². The molecular formula is C18H20N6O3S. The molecule has 28 heavy (non-hydrogen) atoms. The van der Waals surface area contributed by atoms with Crippen molar-refractivity contribution in [3.05, 3.63) is 47.7 Å². The number of nitrogens with one attached hydrogen (secondary N) is 1. The van der Waals surface area contributed by atoms with Crippen LogP contribution in [0.15, 0.2) is 36.4 Å². The molecule has 0 atom stereocenters. The molecule has 0 spiro atoms. The number of piperazine rings is 1. The van der Waals surface area contributed by atoms with Crippen molar-refractivity contribution in [2.45, 2.75) is 6.42 Å². The second-order valence-corrected chi connectivity index (χ2v) is 8.25. The molecule has 0 radical (unpaired) electrons. The van der Waals surface area contributed by atoms with Gasteiger partial charge in [0.1, 0.15) is 6.07 Å². The predicted molar refractivity (Wildman–Crippen MR) is 104 cm³/mol. The van der Waals surface area contributed by atoms with E-state index < -0.39 is 10.0 Å². The Kier molecular flexibility index (Phi) is 5.75. The maximum atomic E-state index is 12.5. The number of sulfonamides is 1. The predicted octanol–water partition coefficient (Wildman–Crippen LogP) is 0.611. The van der Waals surface area contributed by atoms with Crippen LogP contribution in [0, 0.1) is 11.3 Å². The van der Waals surface area contributed by atoms with Crippen molar-refractivity contribution < 1.29 is 13.2 Å². The Hall–Kier alpha value is -3.19. The van der Waals surface area contributed by atoms with Gasteiger partial charge in [-0.1, -0.05) is 12.1 Å². The molecule has 1 aliphatic heterocycles. The standard InChI is InChI=1S/C18H20N6O3S/c1-28(26,27)22-15-4-2-14(3-5-15)12-18(25)24-10-8-23(9-11-24)17-7-6-16(13-19)20-21-17/h2-7,22H,8-12H2,1H3. The molecule has 0 unspecified atom stereocenters. The van der Waals surface area contributed by atoms with E-state index >= 15 is 0 Å². The molecule has 2 aromatic rings. The number of hydrogen-bond donors (Lipinski definition) is 1. The summed E-state index contributed by atoms with van der Waals surface area (Å²) in [6.45, 7) is 2.44. The number of hydrogen-bond acceptors (Lipinski definition) is 7. The van der Waals surface area contributed by atoms with Crippen molar-refractivity contribution in [2.24, 2.45) is 0 Å². The van der Waals surface area contributed by atoms with Gasteiger partial charge in [-0.2, -0.15) is 5.26 Å². The first kappa shape index (κ1) is 19.6. The minimum Gasteiger partial charge on any atom is -0.352 e. The molecule has 9 nitrogen and oxygen atoms in total. The van der Waals surface area contributed by atoms with Gasteiger partial charge < -0.3 is 9.80 Å². The topological polar surface area (TPSA) is 119 Å². The highest BCUT2D eigenvalue weighted by atomic mass is 32.2. The Morgan fingerprint density at radius 2 is 1.79 bits per heavy atom. The van der Waals surface area contributed by atoms with E-state index in [4.69, 9.17) is 5.26 Å². The van der Waals surface area contributed by atoms with E-state index in [1.807, 2.05) is 11.0 Å². The van der Waals surface area contributed by atoms with E-state index in [2.05, 4.69) is 14.9 Å². The fraction of sp³-hybridized carbons (Fsp3) is 0.333. The van der Waals surface area contributed by atoms with Crippen LogP contribution in [0.5, 0.6) is 0 Å². The summed E-state index contributed by atoms with van der Waals surface area (Å²) < 4.78 is 24.9. The number of nitriles is 1. The Balaban J connectivity index is 1.53. The van der Waals surface area contributed by atoms with Crippen molar-refractivity contribution in [3.8, 4) is 6.07 Å². The van der Waals surface area contributed by atoms with Gasteiger partial charge in [0.2, 0.25) is 15.9 Å². The third-order valence-electron chi connectivity index (χ3n) is 4.33. The molecule has 1 N–H and O–H groups in total. The van der Waals surface area contributed by atoms with Crippen LogP contribution < -0.4 is 9.62 Å². The Labute approximate surface area is 163 Å². The molecular weight excluding hydrogens is 380 g/mol. The summed E-state index contributed by atoms with van der Waals surface area (Å²) in [6.07, 6.45) is 1.35. The van der Waals surface area contributed by atoms with E-state index in [9.17, 15) is 13.2 Å². The number of nitrogens with zero attached hydrogens (tertiary/aromatic N) is 5. The minimum atomic E-state index is -3.32. The lowest BCUT2D eigenvalue weighted by Crippen LogP contribution is -2.49. The van der Waals surface area contributed by atoms with Crippen LogP contribution in [0.4, 0.5) is 11.5 Å². The lowest BCUT2D eigenvalue weighted by molar-refractivity contribution is -0.130. The molecule has 1 saturated heterocycles. The maximum Gasteiger partial charge on any atom is 0.229 e. The molecule has 1 aliphatic rings. The van der Waals surface area contributed by atoms with E-state index in [1.54, 1.807) is 41.3 Å². The summed E-state index contributed by atoms with van der Waals surface area (Å²) in [5.74, 6) is 0.717. The first-order valence-corrected chi connectivity index (χ1v) is 10.6. The first-order valence-electron chi connectivity index (χ1n) is 8.67. The lowest BCUT2D eigenvalue weighted by Gasteiger charge is -2.35. The second kappa shape index (κ2) is 8.22. The summed E-state index contributed by atoms with van der Waals surface area (Å²) in [4.78, 5) is 16.4. The van der Waals surface area contributed by atoms with Gasteiger partial charge in [0.25, 0.3) is 0 Å². The molecule has 10 heteroatoms. The van der Waals surface area contributed by atoms with Crippen LogP contribution in [-0.4, -0.2) is 61.9 Å². The molecule has 146 valence electrons. The Bertz CT molecular complexity index is 975. The maximum absolute atomic E-state index is 12.5. The lowest BCUT2D eigenvalue weighted by atomic mass is 10.1. The fourth-order valence-electron chi connectivity index (χ4n) is 2.93. The highest BCUT2D eigenvalue weighted by molar-refractivity contribution is 7.92. The van der Waals surface area contributed by atoms with E-state index in [0.717, 1.165) is 11.8 Å². The highest BCUT2D eigenvalue weighted by Crippen LogP contribution is 2.15. The average Bonchev–Trinajstić information content (AvgIpc) is 2.68. The van der Waals surface area contributed by atoms with Gasteiger partial charge >= 0.3 is 0 Å². The van der Waals surface area contributed by atoms with Crippen molar-refractivity contribution >= 4 is 27.4 Å². The zero-order chi connectivity index (χ0) is 20.1. The molecule has 0 bridgehead atoms. The molecule has 1 aromatic heterocycles. The number of benzene rings is 1. The van der Waals surface area contributed by atoms with Crippen LogP contribution in [0.25, 0.3) is 0 Å². The first-order chi connectivity index (χ1) is 13.3. The molecule has 3 rings (SSSR count).